The molecule has 2 N–H and O–H groups in total. The molecule has 0 radical (unpaired) electrons. The van der Waals surface area contributed by atoms with Crippen molar-refractivity contribution in [1.29, 1.82) is 0 Å². The van der Waals surface area contributed by atoms with E-state index in [0.717, 1.165) is 40.2 Å². The second-order valence-electron chi connectivity index (χ2n) is 7.82. The smallest absolute Gasteiger partial charge is 0.261 e. The molecule has 2 aromatic heterocycles. The lowest BCUT2D eigenvalue weighted by Gasteiger charge is -2.32. The number of thiophene rings is 1. The number of Topliss-reactive ketones (excluding diaryl/α,β-unsaturated/α-hetero) is 1. The number of nitrogens with zero attached hydrogens (tertiary/aromatic N) is 2. The number of nitrogens with one attached hydrogen (secondary N) is 2. The first-order chi connectivity index (χ1) is 14.5. The van der Waals surface area contributed by atoms with Gasteiger partial charge in [0.05, 0.1) is 6.20 Å². The zero-order chi connectivity index (χ0) is 20.8. The summed E-state index contributed by atoms with van der Waals surface area (Å²) >= 11 is 1.60. The van der Waals surface area contributed by atoms with E-state index in [1.165, 1.54) is 5.56 Å². The van der Waals surface area contributed by atoms with E-state index in [4.69, 9.17) is 0 Å². The van der Waals surface area contributed by atoms with Gasteiger partial charge in [0.25, 0.3) is 5.91 Å². The lowest BCUT2D eigenvalue weighted by atomic mass is 9.88. The molecule has 3 heterocycles. The van der Waals surface area contributed by atoms with E-state index in [1.54, 1.807) is 22.2 Å². The molecule has 6 nitrogen and oxygen atoms in total. The monoisotopic (exact) mass is 418 g/mol. The summed E-state index contributed by atoms with van der Waals surface area (Å²) in [5.41, 5.74) is 5.22. The van der Waals surface area contributed by atoms with Gasteiger partial charge in [-0.25, -0.2) is 4.68 Å². The van der Waals surface area contributed by atoms with Gasteiger partial charge in [-0.1, -0.05) is 12.1 Å². The van der Waals surface area contributed by atoms with Crippen LogP contribution in [-0.4, -0.2) is 21.5 Å². The van der Waals surface area contributed by atoms with Crippen LogP contribution in [0.2, 0.25) is 0 Å². The topological polar surface area (TPSA) is 76.0 Å². The Kier molecular flexibility index (Phi) is 4.55. The summed E-state index contributed by atoms with van der Waals surface area (Å²) in [6.45, 7) is 4.06. The summed E-state index contributed by atoms with van der Waals surface area (Å²) in [6, 6.07) is 9.57. The highest BCUT2D eigenvalue weighted by Gasteiger charge is 2.37. The predicted molar refractivity (Wildman–Crippen MR) is 118 cm³/mol. The zero-order valence-electron chi connectivity index (χ0n) is 16.9. The maximum absolute atomic E-state index is 13.1. The van der Waals surface area contributed by atoms with Gasteiger partial charge in [-0.15, -0.1) is 11.3 Å². The van der Waals surface area contributed by atoms with Crippen LogP contribution in [0.4, 0.5) is 11.5 Å². The molecule has 5 rings (SSSR count). The number of carbonyl (C=O) groups is 2. The number of hydrogen-bond donors (Lipinski definition) is 2. The van der Waals surface area contributed by atoms with Gasteiger partial charge in [0.15, 0.2) is 5.78 Å². The van der Waals surface area contributed by atoms with Crippen molar-refractivity contribution in [2.45, 2.75) is 39.2 Å². The van der Waals surface area contributed by atoms with Crippen LogP contribution in [0.5, 0.6) is 0 Å². The van der Waals surface area contributed by atoms with Gasteiger partial charge in [-0.3, -0.25) is 9.59 Å². The molecule has 1 amide bonds. The SMILES string of the molecule is Cc1ccc(NC(=O)c2cnn3c2NC2=C(C(=O)CCC2)[C@@H]3c2cccs2)cc1C. The highest BCUT2D eigenvalue weighted by molar-refractivity contribution is 7.10. The van der Waals surface area contributed by atoms with Crippen LogP contribution in [0.3, 0.4) is 0 Å². The molecule has 2 aliphatic rings. The van der Waals surface area contributed by atoms with Crippen molar-refractivity contribution in [2.24, 2.45) is 0 Å². The number of fused-ring (bicyclic) bond motifs is 1. The third-order valence-corrected chi connectivity index (χ3v) is 6.79. The summed E-state index contributed by atoms with van der Waals surface area (Å²) in [5, 5.41) is 12.9. The molecule has 0 saturated heterocycles. The van der Waals surface area contributed by atoms with Crippen molar-refractivity contribution >= 4 is 34.5 Å². The molecule has 0 bridgehead atoms. The molecule has 3 aromatic rings. The Balaban J connectivity index is 1.54. The molecule has 0 fully saturated rings. The number of allylic oxidation sites excluding steroid dienone is 2. The Hall–Kier alpha value is -3.19. The molecule has 1 aliphatic carbocycles. The number of amides is 1. The molecular weight excluding hydrogens is 396 g/mol. The van der Waals surface area contributed by atoms with Gasteiger partial charge >= 0.3 is 0 Å². The van der Waals surface area contributed by atoms with Crippen molar-refractivity contribution in [1.82, 2.24) is 9.78 Å². The number of hydrogen-bond acceptors (Lipinski definition) is 5. The third-order valence-electron chi connectivity index (χ3n) is 5.86. The van der Waals surface area contributed by atoms with E-state index in [1.807, 2.05) is 49.6 Å². The van der Waals surface area contributed by atoms with Gasteiger partial charge in [0.1, 0.15) is 17.4 Å². The highest BCUT2D eigenvalue weighted by Crippen LogP contribution is 2.42. The molecular formula is C23H22N4O2S. The summed E-state index contributed by atoms with van der Waals surface area (Å²) < 4.78 is 1.78. The summed E-state index contributed by atoms with van der Waals surface area (Å²) in [7, 11) is 0. The summed E-state index contributed by atoms with van der Waals surface area (Å²) in [4.78, 5) is 26.9. The van der Waals surface area contributed by atoms with Gasteiger partial charge < -0.3 is 10.6 Å². The number of carbonyl (C=O) groups excluding carboxylic acids is 2. The molecule has 1 aromatic carbocycles. The Labute approximate surface area is 178 Å². The van der Waals surface area contributed by atoms with Crippen LogP contribution in [0.1, 0.15) is 51.7 Å². The number of ketones is 1. The minimum absolute atomic E-state index is 0.157. The van der Waals surface area contributed by atoms with E-state index < -0.39 is 0 Å². The van der Waals surface area contributed by atoms with Crippen LogP contribution in [0.25, 0.3) is 0 Å². The Morgan fingerprint density at radius 3 is 2.87 bits per heavy atom. The quantitative estimate of drug-likeness (QED) is 0.638. The number of rotatable bonds is 3. The van der Waals surface area contributed by atoms with Crippen LogP contribution in [0.15, 0.2) is 53.2 Å². The van der Waals surface area contributed by atoms with Gasteiger partial charge in [0, 0.05) is 28.3 Å². The van der Waals surface area contributed by atoms with Crippen molar-refractivity contribution in [3.05, 3.63) is 74.7 Å². The normalized spacial score (nSPS) is 17.9. The minimum atomic E-state index is -0.285. The van der Waals surface area contributed by atoms with Crippen molar-refractivity contribution in [3.8, 4) is 0 Å². The van der Waals surface area contributed by atoms with E-state index in [2.05, 4.69) is 15.7 Å². The lowest BCUT2D eigenvalue weighted by Crippen LogP contribution is -2.31. The number of anilines is 2. The van der Waals surface area contributed by atoms with Crippen LogP contribution >= 0.6 is 11.3 Å². The second-order valence-corrected chi connectivity index (χ2v) is 8.80. The summed E-state index contributed by atoms with van der Waals surface area (Å²) in [5.74, 6) is 0.579. The third kappa shape index (κ3) is 3.06. The molecule has 7 heteroatoms. The van der Waals surface area contributed by atoms with Gasteiger partial charge in [0.2, 0.25) is 0 Å². The largest absolute Gasteiger partial charge is 0.343 e. The number of aromatic nitrogens is 2. The first-order valence-corrected chi connectivity index (χ1v) is 10.9. The van der Waals surface area contributed by atoms with Crippen molar-refractivity contribution < 1.29 is 9.59 Å². The minimum Gasteiger partial charge on any atom is -0.343 e. The fraction of sp³-hybridized carbons (Fsp3) is 0.261. The molecule has 1 atom stereocenters. The van der Waals surface area contributed by atoms with Crippen LogP contribution in [-0.2, 0) is 4.79 Å². The van der Waals surface area contributed by atoms with Gasteiger partial charge in [-0.2, -0.15) is 5.10 Å². The zero-order valence-corrected chi connectivity index (χ0v) is 17.7. The van der Waals surface area contributed by atoms with Crippen molar-refractivity contribution in [3.63, 3.8) is 0 Å². The summed E-state index contributed by atoms with van der Waals surface area (Å²) in [6.07, 6.45) is 3.76. The fourth-order valence-corrected chi connectivity index (χ4v) is 4.97. The Bertz CT molecular complexity index is 1190. The molecule has 30 heavy (non-hydrogen) atoms. The van der Waals surface area contributed by atoms with Crippen LogP contribution < -0.4 is 10.6 Å². The first kappa shape index (κ1) is 18.8. The molecule has 0 unspecified atom stereocenters. The molecule has 0 spiro atoms. The highest BCUT2D eigenvalue weighted by atomic mass is 32.1. The number of aryl methyl sites for hydroxylation is 2. The molecule has 1 aliphatic heterocycles. The standard InChI is InChI=1S/C23H22N4O2S/c1-13-8-9-15(11-14(13)2)25-23(29)16-12-24-27-21(19-7-4-10-30-19)20-17(26-22(16)27)5-3-6-18(20)28/h4,7-12,21,26H,3,5-6H2,1-2H3,(H,25,29)/t21-/m0/s1. The van der Waals surface area contributed by atoms with E-state index in [0.29, 0.717) is 17.8 Å². The fourth-order valence-electron chi connectivity index (χ4n) is 4.15. The Morgan fingerprint density at radius 2 is 2.10 bits per heavy atom. The number of benzene rings is 1. The maximum Gasteiger partial charge on any atom is 0.261 e. The maximum atomic E-state index is 13.1. The second kappa shape index (κ2) is 7.25. The predicted octanol–water partition coefficient (Wildman–Crippen LogP) is 4.84. The molecule has 152 valence electrons. The van der Waals surface area contributed by atoms with Crippen molar-refractivity contribution in [2.75, 3.05) is 10.6 Å². The van der Waals surface area contributed by atoms with Gasteiger partial charge in [-0.05, 0) is 61.4 Å². The Morgan fingerprint density at radius 1 is 1.23 bits per heavy atom. The lowest BCUT2D eigenvalue weighted by molar-refractivity contribution is -0.116. The van der Waals surface area contributed by atoms with E-state index in [-0.39, 0.29) is 17.7 Å². The molecule has 0 saturated carbocycles. The van der Waals surface area contributed by atoms with Crippen LogP contribution in [0, 0.1) is 13.8 Å². The average molecular weight is 419 g/mol. The average Bonchev–Trinajstić information content (AvgIpc) is 3.39. The van der Waals surface area contributed by atoms with E-state index in [9.17, 15) is 9.59 Å². The first-order valence-electron chi connectivity index (χ1n) is 10.1. The van der Waals surface area contributed by atoms with E-state index >= 15 is 0 Å².